The lowest BCUT2D eigenvalue weighted by molar-refractivity contribution is -0.174. The van der Waals surface area contributed by atoms with Gasteiger partial charge in [0.15, 0.2) is 0 Å². The van der Waals surface area contributed by atoms with E-state index in [1.54, 1.807) is 24.1 Å². The van der Waals surface area contributed by atoms with Gasteiger partial charge in [-0.3, -0.25) is 0 Å². The Balaban J connectivity index is 2.21. The number of nitrogens with one attached hydrogen (secondary N) is 1. The normalized spacial score (nSPS) is 12.0. The zero-order valence-corrected chi connectivity index (χ0v) is 8.92. The minimum atomic E-state index is -4.26. The molecule has 0 saturated carbocycles. The van der Waals surface area contributed by atoms with Crippen LogP contribution in [0.15, 0.2) is 12.5 Å². The van der Waals surface area contributed by atoms with Crippen LogP contribution in [0.2, 0.25) is 0 Å². The van der Waals surface area contributed by atoms with Crippen LogP contribution in [0.3, 0.4) is 0 Å². The quantitative estimate of drug-likeness (QED) is 0.755. The third-order valence-corrected chi connectivity index (χ3v) is 1.80. The van der Waals surface area contributed by atoms with Gasteiger partial charge in [-0.15, -0.1) is 0 Å². The van der Waals surface area contributed by atoms with Crippen molar-refractivity contribution in [3.05, 3.63) is 18.2 Å². The van der Waals surface area contributed by atoms with Crippen molar-refractivity contribution in [2.45, 2.75) is 19.3 Å². The first-order chi connectivity index (χ1) is 7.51. The number of halogens is 3. The van der Waals surface area contributed by atoms with Crippen molar-refractivity contribution in [1.29, 1.82) is 0 Å². The van der Waals surface area contributed by atoms with Crippen LogP contribution in [0.5, 0.6) is 0 Å². The van der Waals surface area contributed by atoms with Crippen molar-refractivity contribution in [2.24, 2.45) is 0 Å². The summed E-state index contributed by atoms with van der Waals surface area (Å²) in [4.78, 5) is 4.06. The summed E-state index contributed by atoms with van der Waals surface area (Å²) in [6.07, 6.45) is -0.913. The van der Waals surface area contributed by atoms with Crippen LogP contribution in [0.25, 0.3) is 0 Å². The number of rotatable bonds is 6. The number of aromatic nitrogens is 2. The standard InChI is InChI=1S/C9H14F3N3O/c1-13-4-8-5-15(7-14-8)2-3-16-6-9(10,11)12/h5,7,13H,2-4,6H2,1H3. The molecule has 92 valence electrons. The van der Waals surface area contributed by atoms with E-state index in [9.17, 15) is 13.2 Å². The molecule has 0 saturated heterocycles. The molecule has 1 rings (SSSR count). The smallest absolute Gasteiger partial charge is 0.370 e. The van der Waals surface area contributed by atoms with Gasteiger partial charge in [0.2, 0.25) is 0 Å². The van der Waals surface area contributed by atoms with Crippen molar-refractivity contribution in [3.8, 4) is 0 Å². The Morgan fingerprint density at radius 2 is 2.25 bits per heavy atom. The van der Waals surface area contributed by atoms with Crippen molar-refractivity contribution in [3.63, 3.8) is 0 Å². The lowest BCUT2D eigenvalue weighted by atomic mass is 10.5. The van der Waals surface area contributed by atoms with Crippen LogP contribution in [-0.4, -0.2) is 36.0 Å². The minimum absolute atomic E-state index is 0.0227. The van der Waals surface area contributed by atoms with Crippen molar-refractivity contribution in [1.82, 2.24) is 14.9 Å². The van der Waals surface area contributed by atoms with Crippen molar-refractivity contribution < 1.29 is 17.9 Å². The highest BCUT2D eigenvalue weighted by Crippen LogP contribution is 2.14. The lowest BCUT2D eigenvalue weighted by Crippen LogP contribution is -2.18. The summed E-state index contributed by atoms with van der Waals surface area (Å²) in [6, 6.07) is 0. The molecule has 0 fully saturated rings. The average molecular weight is 237 g/mol. The summed E-state index contributed by atoms with van der Waals surface area (Å²) in [5.74, 6) is 0. The molecule has 1 aromatic heterocycles. The van der Waals surface area contributed by atoms with Crippen LogP contribution in [-0.2, 0) is 17.8 Å². The Bertz CT molecular complexity index is 311. The van der Waals surface area contributed by atoms with E-state index in [2.05, 4.69) is 15.0 Å². The molecular formula is C9H14F3N3O. The molecule has 0 aliphatic rings. The summed E-state index contributed by atoms with van der Waals surface area (Å²) >= 11 is 0. The van der Waals surface area contributed by atoms with Gasteiger partial charge >= 0.3 is 6.18 Å². The van der Waals surface area contributed by atoms with Gasteiger partial charge in [-0.05, 0) is 7.05 Å². The van der Waals surface area contributed by atoms with Gasteiger partial charge in [0.1, 0.15) is 6.61 Å². The Kier molecular flexibility index (Phi) is 4.75. The molecule has 0 amide bonds. The zero-order valence-electron chi connectivity index (χ0n) is 8.92. The Morgan fingerprint density at radius 3 is 2.88 bits per heavy atom. The Morgan fingerprint density at radius 1 is 1.50 bits per heavy atom. The summed E-state index contributed by atoms with van der Waals surface area (Å²) < 4.78 is 41.4. The molecule has 0 radical (unpaired) electrons. The summed E-state index contributed by atoms with van der Waals surface area (Å²) in [5.41, 5.74) is 0.846. The molecule has 7 heteroatoms. The van der Waals surface area contributed by atoms with Gasteiger partial charge in [0.25, 0.3) is 0 Å². The van der Waals surface area contributed by atoms with Crippen LogP contribution >= 0.6 is 0 Å². The van der Waals surface area contributed by atoms with Crippen LogP contribution in [0, 0.1) is 0 Å². The van der Waals surface area contributed by atoms with Gasteiger partial charge in [-0.2, -0.15) is 13.2 Å². The predicted octanol–water partition coefficient (Wildman–Crippen LogP) is 1.18. The Labute approximate surface area is 91.4 Å². The summed E-state index contributed by atoms with van der Waals surface area (Å²) in [5, 5.41) is 2.93. The van der Waals surface area contributed by atoms with Crippen LogP contribution in [0.4, 0.5) is 13.2 Å². The monoisotopic (exact) mass is 237 g/mol. The summed E-state index contributed by atoms with van der Waals surface area (Å²) in [7, 11) is 1.80. The SMILES string of the molecule is CNCc1cn(CCOCC(F)(F)F)cn1. The average Bonchev–Trinajstić information content (AvgIpc) is 2.60. The minimum Gasteiger partial charge on any atom is -0.370 e. The fourth-order valence-corrected chi connectivity index (χ4v) is 1.16. The molecule has 1 heterocycles. The van der Waals surface area contributed by atoms with E-state index < -0.39 is 12.8 Å². The molecule has 0 atom stereocenters. The highest BCUT2D eigenvalue weighted by atomic mass is 19.4. The van der Waals surface area contributed by atoms with E-state index in [-0.39, 0.29) is 6.61 Å². The highest BCUT2D eigenvalue weighted by Gasteiger charge is 2.27. The number of nitrogens with zero attached hydrogens (tertiary/aromatic N) is 2. The Hall–Kier alpha value is -1.08. The maximum atomic E-state index is 11.7. The molecule has 4 nitrogen and oxygen atoms in total. The maximum absolute atomic E-state index is 11.7. The van der Waals surface area contributed by atoms with E-state index in [0.717, 1.165) is 5.69 Å². The van der Waals surface area contributed by atoms with Gasteiger partial charge in [-0.25, -0.2) is 4.98 Å². The molecule has 1 N–H and O–H groups in total. The first-order valence-corrected chi connectivity index (χ1v) is 4.81. The highest BCUT2D eigenvalue weighted by molar-refractivity contribution is 4.95. The molecule has 0 spiro atoms. The number of ether oxygens (including phenoxy) is 1. The van der Waals surface area contributed by atoms with E-state index in [1.807, 2.05) is 0 Å². The molecular weight excluding hydrogens is 223 g/mol. The fraction of sp³-hybridized carbons (Fsp3) is 0.667. The van der Waals surface area contributed by atoms with Crippen molar-refractivity contribution >= 4 is 0 Å². The van der Waals surface area contributed by atoms with E-state index >= 15 is 0 Å². The first kappa shape index (κ1) is 13.0. The van der Waals surface area contributed by atoms with E-state index in [4.69, 9.17) is 0 Å². The molecule has 0 unspecified atom stereocenters. The van der Waals surface area contributed by atoms with E-state index in [0.29, 0.717) is 13.1 Å². The number of hydrogen-bond donors (Lipinski definition) is 1. The van der Waals surface area contributed by atoms with Gasteiger partial charge in [-0.1, -0.05) is 0 Å². The largest absolute Gasteiger partial charge is 0.411 e. The number of imidazole rings is 1. The molecule has 0 aliphatic carbocycles. The molecule has 0 aromatic carbocycles. The summed E-state index contributed by atoms with van der Waals surface area (Å²) in [6.45, 7) is -0.177. The number of hydrogen-bond acceptors (Lipinski definition) is 3. The van der Waals surface area contributed by atoms with Gasteiger partial charge in [0, 0.05) is 19.3 Å². The third kappa shape index (κ3) is 5.13. The maximum Gasteiger partial charge on any atom is 0.411 e. The topological polar surface area (TPSA) is 39.1 Å². The van der Waals surface area contributed by atoms with Crippen LogP contribution < -0.4 is 5.32 Å². The zero-order chi connectivity index (χ0) is 12.0. The third-order valence-electron chi connectivity index (χ3n) is 1.80. The number of alkyl halides is 3. The molecule has 1 aromatic rings. The second-order valence-corrected chi connectivity index (χ2v) is 3.30. The lowest BCUT2D eigenvalue weighted by Gasteiger charge is -2.07. The fourth-order valence-electron chi connectivity index (χ4n) is 1.16. The van der Waals surface area contributed by atoms with Gasteiger partial charge < -0.3 is 14.6 Å². The van der Waals surface area contributed by atoms with Gasteiger partial charge in [0.05, 0.1) is 18.6 Å². The predicted molar refractivity (Wildman–Crippen MR) is 51.9 cm³/mol. The molecule has 0 bridgehead atoms. The molecule has 16 heavy (non-hydrogen) atoms. The van der Waals surface area contributed by atoms with E-state index in [1.165, 1.54) is 0 Å². The first-order valence-electron chi connectivity index (χ1n) is 4.81. The second-order valence-electron chi connectivity index (χ2n) is 3.30. The molecule has 0 aliphatic heterocycles. The second kappa shape index (κ2) is 5.86. The van der Waals surface area contributed by atoms with Crippen molar-refractivity contribution in [2.75, 3.05) is 20.3 Å². The van der Waals surface area contributed by atoms with Crippen LogP contribution in [0.1, 0.15) is 5.69 Å².